The molecule has 4 heteroatoms. The van der Waals surface area contributed by atoms with E-state index in [1.54, 1.807) is 18.4 Å². The molecule has 2 aromatic rings. The number of rotatable bonds is 4. The fourth-order valence-electron chi connectivity index (χ4n) is 2.46. The fraction of sp³-hybridized carbons (Fsp3) is 0.375. The van der Waals surface area contributed by atoms with E-state index in [-0.39, 0.29) is 0 Å². The van der Waals surface area contributed by atoms with Gasteiger partial charge in [0, 0.05) is 21.9 Å². The van der Waals surface area contributed by atoms with Gasteiger partial charge in [0.05, 0.1) is 13.2 Å². The highest BCUT2D eigenvalue weighted by molar-refractivity contribution is 7.98. The average molecular weight is 306 g/mol. The molecular weight excluding hydrogens is 288 g/mol. The number of thioether (sulfide) groups is 1. The second-order valence-electron chi connectivity index (χ2n) is 4.97. The van der Waals surface area contributed by atoms with Gasteiger partial charge in [0.15, 0.2) is 0 Å². The standard InChI is InChI=1S/C16H18O2S2/c1-18-13-4-2-3-11(7-13)8-14(17)16-9-12-10-19-6-5-15(12)20-16/h2-4,7,9,14,17H,5-6,8,10H2,1H3. The molecule has 1 aromatic heterocycles. The first-order chi connectivity index (χ1) is 9.76. The highest BCUT2D eigenvalue weighted by Gasteiger charge is 2.18. The molecule has 0 saturated heterocycles. The molecule has 0 bridgehead atoms. The summed E-state index contributed by atoms with van der Waals surface area (Å²) in [5.74, 6) is 3.15. The lowest BCUT2D eigenvalue weighted by Gasteiger charge is -2.09. The third-order valence-corrected chi connectivity index (χ3v) is 5.88. The first kappa shape index (κ1) is 14.0. The van der Waals surface area contributed by atoms with Crippen molar-refractivity contribution in [3.8, 4) is 5.75 Å². The molecule has 0 spiro atoms. The number of hydrogen-bond donors (Lipinski definition) is 1. The van der Waals surface area contributed by atoms with Crippen LogP contribution in [0.25, 0.3) is 0 Å². The zero-order chi connectivity index (χ0) is 13.9. The maximum atomic E-state index is 10.4. The van der Waals surface area contributed by atoms with Crippen molar-refractivity contribution < 1.29 is 9.84 Å². The number of hydrogen-bond acceptors (Lipinski definition) is 4. The average Bonchev–Trinajstić information content (AvgIpc) is 2.91. The van der Waals surface area contributed by atoms with Crippen molar-refractivity contribution in [1.29, 1.82) is 0 Å². The lowest BCUT2D eigenvalue weighted by Crippen LogP contribution is -1.99. The molecule has 1 N–H and O–H groups in total. The van der Waals surface area contributed by atoms with Crippen LogP contribution in [0.4, 0.5) is 0 Å². The first-order valence-corrected chi connectivity index (χ1v) is 8.73. The molecule has 1 aliphatic rings. The monoisotopic (exact) mass is 306 g/mol. The largest absolute Gasteiger partial charge is 0.497 e. The Labute approximate surface area is 127 Å². The zero-order valence-electron chi connectivity index (χ0n) is 11.5. The lowest BCUT2D eigenvalue weighted by molar-refractivity contribution is 0.182. The van der Waals surface area contributed by atoms with Crippen LogP contribution in [0, 0.1) is 0 Å². The molecule has 0 aliphatic carbocycles. The van der Waals surface area contributed by atoms with E-state index in [1.165, 1.54) is 16.2 Å². The van der Waals surface area contributed by atoms with Crippen LogP contribution < -0.4 is 4.74 Å². The van der Waals surface area contributed by atoms with E-state index in [9.17, 15) is 5.11 Å². The van der Waals surface area contributed by atoms with Gasteiger partial charge in [0.2, 0.25) is 0 Å². The zero-order valence-corrected chi connectivity index (χ0v) is 13.1. The SMILES string of the molecule is COc1cccc(CC(O)c2cc3c(s2)CCSC3)c1. The van der Waals surface area contributed by atoms with E-state index in [2.05, 4.69) is 6.07 Å². The fourth-order valence-corrected chi connectivity index (χ4v) is 4.82. The predicted octanol–water partition coefficient (Wildman–Crippen LogP) is 3.82. The summed E-state index contributed by atoms with van der Waals surface area (Å²) in [6, 6.07) is 10.1. The van der Waals surface area contributed by atoms with Crippen molar-refractivity contribution in [2.75, 3.05) is 12.9 Å². The summed E-state index contributed by atoms with van der Waals surface area (Å²) in [5.41, 5.74) is 2.53. The third kappa shape index (κ3) is 3.03. The number of aliphatic hydroxyl groups is 1. The third-order valence-electron chi connectivity index (χ3n) is 3.54. The molecular formula is C16H18O2S2. The predicted molar refractivity (Wildman–Crippen MR) is 85.8 cm³/mol. The Morgan fingerprint density at radius 1 is 1.35 bits per heavy atom. The highest BCUT2D eigenvalue weighted by Crippen LogP contribution is 2.35. The molecule has 0 saturated carbocycles. The van der Waals surface area contributed by atoms with Gasteiger partial charge < -0.3 is 9.84 Å². The normalized spacial score (nSPS) is 15.7. The molecule has 3 rings (SSSR count). The van der Waals surface area contributed by atoms with Crippen LogP contribution in [0.5, 0.6) is 5.75 Å². The molecule has 1 aliphatic heterocycles. The molecule has 0 radical (unpaired) electrons. The lowest BCUT2D eigenvalue weighted by atomic mass is 10.1. The van der Waals surface area contributed by atoms with Crippen molar-refractivity contribution in [1.82, 2.24) is 0 Å². The maximum absolute atomic E-state index is 10.4. The Hall–Kier alpha value is -0.970. The second-order valence-corrected chi connectivity index (χ2v) is 7.24. The quantitative estimate of drug-likeness (QED) is 0.931. The van der Waals surface area contributed by atoms with Gasteiger partial charge in [-0.05, 0) is 41.5 Å². The molecule has 1 unspecified atom stereocenters. The van der Waals surface area contributed by atoms with Gasteiger partial charge in [0.25, 0.3) is 0 Å². The van der Waals surface area contributed by atoms with Crippen LogP contribution in [0.15, 0.2) is 30.3 Å². The topological polar surface area (TPSA) is 29.5 Å². The minimum absolute atomic E-state index is 0.414. The Bertz CT molecular complexity index is 568. The summed E-state index contributed by atoms with van der Waals surface area (Å²) in [6.07, 6.45) is 1.38. The van der Waals surface area contributed by atoms with Gasteiger partial charge >= 0.3 is 0 Å². The number of aliphatic hydroxyl groups excluding tert-OH is 1. The van der Waals surface area contributed by atoms with Gasteiger partial charge in [-0.3, -0.25) is 0 Å². The summed E-state index contributed by atoms with van der Waals surface area (Å²) in [7, 11) is 1.67. The molecule has 1 aromatic carbocycles. The highest BCUT2D eigenvalue weighted by atomic mass is 32.2. The molecule has 2 heterocycles. The first-order valence-electron chi connectivity index (χ1n) is 6.76. The summed E-state index contributed by atoms with van der Waals surface area (Å²) >= 11 is 3.76. The van der Waals surface area contributed by atoms with Crippen molar-refractivity contribution in [2.24, 2.45) is 0 Å². The summed E-state index contributed by atoms with van der Waals surface area (Å²) in [6.45, 7) is 0. The van der Waals surface area contributed by atoms with Crippen molar-refractivity contribution in [2.45, 2.75) is 24.7 Å². The smallest absolute Gasteiger partial charge is 0.119 e. The molecule has 20 heavy (non-hydrogen) atoms. The van der Waals surface area contributed by atoms with Crippen molar-refractivity contribution in [3.63, 3.8) is 0 Å². The Morgan fingerprint density at radius 2 is 2.25 bits per heavy atom. The van der Waals surface area contributed by atoms with E-state index in [1.807, 2.05) is 36.0 Å². The molecule has 2 nitrogen and oxygen atoms in total. The number of aryl methyl sites for hydroxylation is 1. The Kier molecular flexibility index (Phi) is 4.34. The van der Waals surface area contributed by atoms with E-state index in [0.29, 0.717) is 6.42 Å². The van der Waals surface area contributed by atoms with Gasteiger partial charge in [0.1, 0.15) is 5.75 Å². The number of methoxy groups -OCH3 is 1. The number of fused-ring (bicyclic) bond motifs is 1. The van der Waals surface area contributed by atoms with Crippen LogP contribution in [-0.4, -0.2) is 18.0 Å². The van der Waals surface area contributed by atoms with E-state index >= 15 is 0 Å². The number of thiophene rings is 1. The van der Waals surface area contributed by atoms with Crippen LogP contribution in [0.1, 0.15) is 27.0 Å². The van der Waals surface area contributed by atoms with Crippen LogP contribution >= 0.6 is 23.1 Å². The number of ether oxygens (including phenoxy) is 1. The van der Waals surface area contributed by atoms with Gasteiger partial charge in [-0.2, -0.15) is 11.8 Å². The summed E-state index contributed by atoms with van der Waals surface area (Å²) in [5, 5.41) is 10.4. The maximum Gasteiger partial charge on any atom is 0.119 e. The molecule has 0 amide bonds. The molecule has 0 fully saturated rings. The molecule has 106 valence electrons. The van der Waals surface area contributed by atoms with Crippen molar-refractivity contribution >= 4 is 23.1 Å². The van der Waals surface area contributed by atoms with Gasteiger partial charge in [-0.25, -0.2) is 0 Å². The van der Waals surface area contributed by atoms with E-state index in [0.717, 1.165) is 28.4 Å². The van der Waals surface area contributed by atoms with Gasteiger partial charge in [-0.15, -0.1) is 11.3 Å². The van der Waals surface area contributed by atoms with Crippen molar-refractivity contribution in [3.05, 3.63) is 51.2 Å². The Balaban J connectivity index is 1.75. The van der Waals surface area contributed by atoms with E-state index < -0.39 is 6.10 Å². The van der Waals surface area contributed by atoms with E-state index in [4.69, 9.17) is 4.74 Å². The summed E-state index contributed by atoms with van der Waals surface area (Å²) < 4.78 is 5.23. The number of benzene rings is 1. The van der Waals surface area contributed by atoms with Gasteiger partial charge in [-0.1, -0.05) is 12.1 Å². The molecule has 1 atom stereocenters. The van der Waals surface area contributed by atoms with Crippen LogP contribution in [-0.2, 0) is 18.6 Å². The van der Waals surface area contributed by atoms with Crippen LogP contribution in [0.2, 0.25) is 0 Å². The second kappa shape index (κ2) is 6.20. The van der Waals surface area contributed by atoms with Crippen LogP contribution in [0.3, 0.4) is 0 Å². The minimum atomic E-state index is -0.414. The Morgan fingerprint density at radius 3 is 3.05 bits per heavy atom. The summed E-state index contributed by atoms with van der Waals surface area (Å²) in [4.78, 5) is 2.56. The minimum Gasteiger partial charge on any atom is -0.497 e.